The number of ether oxygens (including phenoxy) is 2. The number of hydrazine groups is 1. The molecule has 0 bridgehead atoms. The molecule has 1 aliphatic carbocycles. The number of benzene rings is 1. The van der Waals surface area contributed by atoms with E-state index < -0.39 is 17.8 Å². The Morgan fingerprint density at radius 3 is 2.42 bits per heavy atom. The van der Waals surface area contributed by atoms with Crippen molar-refractivity contribution in [3.8, 4) is 0 Å². The lowest BCUT2D eigenvalue weighted by Crippen LogP contribution is -2.55. The van der Waals surface area contributed by atoms with Gasteiger partial charge in [0, 0.05) is 13.1 Å². The van der Waals surface area contributed by atoms with Crippen LogP contribution in [0.1, 0.15) is 52.0 Å². The maximum Gasteiger partial charge on any atom is 0.435 e. The van der Waals surface area contributed by atoms with Crippen molar-refractivity contribution in [1.29, 1.82) is 0 Å². The minimum atomic E-state index is -0.680. The Kier molecular flexibility index (Phi) is 5.23. The van der Waals surface area contributed by atoms with Crippen molar-refractivity contribution in [2.75, 3.05) is 13.1 Å². The number of carbonyl (C=O) groups is 2. The fraction of sp³-hybridized carbons (Fsp3) is 0.600. The number of nitrogens with zero attached hydrogens (tertiary/aromatic N) is 2. The van der Waals surface area contributed by atoms with Crippen LogP contribution in [0.4, 0.5) is 9.59 Å². The predicted molar refractivity (Wildman–Crippen MR) is 97.2 cm³/mol. The summed E-state index contributed by atoms with van der Waals surface area (Å²) in [5, 5.41) is 2.87. The van der Waals surface area contributed by atoms with E-state index in [2.05, 4.69) is 0 Å². The van der Waals surface area contributed by atoms with E-state index in [4.69, 9.17) is 9.47 Å². The number of piperidine rings is 1. The number of imide groups is 1. The van der Waals surface area contributed by atoms with E-state index in [1.165, 1.54) is 0 Å². The first-order valence-corrected chi connectivity index (χ1v) is 9.27. The number of amides is 2. The van der Waals surface area contributed by atoms with E-state index in [0.717, 1.165) is 36.3 Å². The van der Waals surface area contributed by atoms with Crippen LogP contribution in [-0.2, 0) is 16.1 Å². The minimum Gasteiger partial charge on any atom is -0.443 e. The summed E-state index contributed by atoms with van der Waals surface area (Å²) in [7, 11) is 0. The van der Waals surface area contributed by atoms with Crippen LogP contribution in [0.15, 0.2) is 30.3 Å². The summed E-state index contributed by atoms with van der Waals surface area (Å²) in [6.07, 6.45) is 3.08. The van der Waals surface area contributed by atoms with Gasteiger partial charge in [0.05, 0.1) is 0 Å². The molecule has 2 aliphatic rings. The summed E-state index contributed by atoms with van der Waals surface area (Å²) in [5.74, 6) is 0. The molecule has 0 N–H and O–H groups in total. The van der Waals surface area contributed by atoms with Gasteiger partial charge in [0.2, 0.25) is 0 Å². The average molecular weight is 360 g/mol. The zero-order chi connectivity index (χ0) is 18.8. The summed E-state index contributed by atoms with van der Waals surface area (Å²) in [6, 6.07) is 9.43. The molecule has 1 aromatic rings. The average Bonchev–Trinajstić information content (AvgIpc) is 3.31. The second-order valence-corrected chi connectivity index (χ2v) is 8.32. The fourth-order valence-corrected chi connectivity index (χ4v) is 3.33. The van der Waals surface area contributed by atoms with Crippen LogP contribution in [0.3, 0.4) is 0 Å². The van der Waals surface area contributed by atoms with Crippen molar-refractivity contribution >= 4 is 12.2 Å². The van der Waals surface area contributed by atoms with Crippen LogP contribution in [0, 0.1) is 5.41 Å². The van der Waals surface area contributed by atoms with Gasteiger partial charge in [-0.3, -0.25) is 0 Å². The normalized spacial score (nSPS) is 19.0. The highest BCUT2D eigenvalue weighted by atomic mass is 16.6. The van der Waals surface area contributed by atoms with Gasteiger partial charge in [-0.2, -0.15) is 0 Å². The monoisotopic (exact) mass is 360 g/mol. The fourth-order valence-electron chi connectivity index (χ4n) is 3.33. The first-order chi connectivity index (χ1) is 12.3. The van der Waals surface area contributed by atoms with Crippen molar-refractivity contribution < 1.29 is 19.1 Å². The third-order valence-corrected chi connectivity index (χ3v) is 4.83. The molecule has 3 rings (SSSR count). The lowest BCUT2D eigenvalue weighted by molar-refractivity contribution is -0.0642. The Morgan fingerprint density at radius 1 is 1.12 bits per heavy atom. The number of hydrogen-bond acceptors (Lipinski definition) is 5. The van der Waals surface area contributed by atoms with Gasteiger partial charge in [0.15, 0.2) is 0 Å². The van der Waals surface area contributed by atoms with E-state index in [1.807, 2.05) is 30.3 Å². The van der Waals surface area contributed by atoms with Gasteiger partial charge in [-0.05, 0) is 57.4 Å². The van der Waals surface area contributed by atoms with Crippen LogP contribution < -0.4 is 0 Å². The van der Waals surface area contributed by atoms with Crippen molar-refractivity contribution in [2.24, 2.45) is 5.41 Å². The van der Waals surface area contributed by atoms with Crippen LogP contribution in [0.25, 0.3) is 0 Å². The third kappa shape index (κ3) is 4.75. The highest BCUT2D eigenvalue weighted by Gasteiger charge is 2.48. The van der Waals surface area contributed by atoms with Gasteiger partial charge in [-0.25, -0.2) is 14.6 Å². The van der Waals surface area contributed by atoms with Crippen molar-refractivity contribution in [2.45, 2.75) is 58.7 Å². The number of carbonyl (C=O) groups excluding carboxylic acids is 2. The molecule has 0 unspecified atom stereocenters. The Bertz CT molecular complexity index is 650. The molecule has 1 aliphatic heterocycles. The number of hydrogen-bond donors (Lipinski definition) is 0. The van der Waals surface area contributed by atoms with Gasteiger partial charge in [0.1, 0.15) is 12.2 Å². The highest BCUT2D eigenvalue weighted by Crippen LogP contribution is 2.52. The summed E-state index contributed by atoms with van der Waals surface area (Å²) in [5.41, 5.74) is 0.461. The van der Waals surface area contributed by atoms with Gasteiger partial charge >= 0.3 is 12.2 Å². The molecule has 1 saturated carbocycles. The topological polar surface area (TPSA) is 59.1 Å². The SMILES string of the molecule is CC(C)(C)OC(=O)N(C(=O)OCc1ccccc1)N1CCCC2(CC2)C1. The van der Waals surface area contributed by atoms with Crippen molar-refractivity contribution in [1.82, 2.24) is 10.0 Å². The van der Waals surface area contributed by atoms with Crippen LogP contribution in [-0.4, -0.2) is 40.9 Å². The molecule has 1 aromatic carbocycles. The first kappa shape index (κ1) is 18.7. The maximum absolute atomic E-state index is 12.7. The van der Waals surface area contributed by atoms with E-state index in [-0.39, 0.29) is 12.0 Å². The molecule has 26 heavy (non-hydrogen) atoms. The summed E-state index contributed by atoms with van der Waals surface area (Å²) in [6.45, 7) is 6.84. The molecule has 6 heteroatoms. The quantitative estimate of drug-likeness (QED) is 0.802. The van der Waals surface area contributed by atoms with Gasteiger partial charge in [0.25, 0.3) is 0 Å². The highest BCUT2D eigenvalue weighted by molar-refractivity contribution is 5.87. The van der Waals surface area contributed by atoms with Crippen LogP contribution in [0.5, 0.6) is 0 Å². The van der Waals surface area contributed by atoms with Crippen LogP contribution in [0.2, 0.25) is 0 Å². The van der Waals surface area contributed by atoms with E-state index in [0.29, 0.717) is 13.1 Å². The third-order valence-electron chi connectivity index (χ3n) is 4.83. The van der Waals surface area contributed by atoms with Crippen molar-refractivity contribution in [3.05, 3.63) is 35.9 Å². The summed E-state index contributed by atoms with van der Waals surface area (Å²) in [4.78, 5) is 25.4. The first-order valence-electron chi connectivity index (χ1n) is 9.27. The molecule has 0 aromatic heterocycles. The zero-order valence-electron chi connectivity index (χ0n) is 15.9. The Hall–Kier alpha value is -2.08. The zero-order valence-corrected chi connectivity index (χ0v) is 15.9. The molecule has 142 valence electrons. The van der Waals surface area contributed by atoms with Gasteiger partial charge in [-0.1, -0.05) is 30.3 Å². The van der Waals surface area contributed by atoms with Gasteiger partial charge in [-0.15, -0.1) is 5.01 Å². The van der Waals surface area contributed by atoms with Gasteiger partial charge < -0.3 is 9.47 Å². The lowest BCUT2D eigenvalue weighted by Gasteiger charge is -2.38. The molecule has 0 radical (unpaired) electrons. The molecular weight excluding hydrogens is 332 g/mol. The molecule has 1 spiro atoms. The molecule has 6 nitrogen and oxygen atoms in total. The largest absolute Gasteiger partial charge is 0.443 e. The second-order valence-electron chi connectivity index (χ2n) is 8.32. The molecule has 1 saturated heterocycles. The molecule has 0 atom stereocenters. The Balaban J connectivity index is 1.71. The standard InChI is InChI=1S/C20H28N2O4/c1-19(2,3)26-18(24)22(21-13-7-10-20(15-21)11-12-20)17(23)25-14-16-8-5-4-6-9-16/h4-6,8-9H,7,10-15H2,1-3H3. The van der Waals surface area contributed by atoms with E-state index in [1.54, 1.807) is 25.8 Å². The van der Waals surface area contributed by atoms with Crippen LogP contribution >= 0.6 is 0 Å². The summed E-state index contributed by atoms with van der Waals surface area (Å²) >= 11 is 0. The van der Waals surface area contributed by atoms with E-state index in [9.17, 15) is 9.59 Å². The molecule has 2 fully saturated rings. The minimum absolute atomic E-state index is 0.123. The molecule has 1 heterocycles. The molecular formula is C20H28N2O4. The smallest absolute Gasteiger partial charge is 0.435 e. The van der Waals surface area contributed by atoms with E-state index >= 15 is 0 Å². The second kappa shape index (κ2) is 7.27. The summed E-state index contributed by atoms with van der Waals surface area (Å²) < 4.78 is 10.9. The lowest BCUT2D eigenvalue weighted by atomic mass is 9.96. The predicted octanol–water partition coefficient (Wildman–Crippen LogP) is 4.35. The maximum atomic E-state index is 12.7. The van der Waals surface area contributed by atoms with Crippen molar-refractivity contribution in [3.63, 3.8) is 0 Å². The Morgan fingerprint density at radius 2 is 1.81 bits per heavy atom. The Labute approximate surface area is 155 Å². The number of rotatable bonds is 3. The molecule has 2 amide bonds.